The van der Waals surface area contributed by atoms with Crippen LogP contribution in [0.25, 0.3) is 11.1 Å². The molecule has 9 heteroatoms. The Balaban J connectivity index is 1.25. The summed E-state index contributed by atoms with van der Waals surface area (Å²) in [5.41, 5.74) is 3.45. The molecule has 0 amide bonds. The van der Waals surface area contributed by atoms with Gasteiger partial charge in [0, 0.05) is 41.8 Å². The molecule has 0 spiro atoms. The standard InChI is InChI=1S/C35H41F2NO6/c1-6-7-9-43-34(40)33-25-13-21-15-30(38-17-26(21)32(25)33)44-18-22-14-24(28(37)16-27(22)36)31-19(2)11-23(12-20(31)3)42-10-8-29(39)35(4,5)41/h11-12,14-17,25,29,32-33,39,41H,6-10,13,18H2,1-5H3/t25-,29?,32-,33+/m1/s1. The number of rotatable bonds is 13. The average Bonchev–Trinajstić information content (AvgIpc) is 3.54. The van der Waals surface area contributed by atoms with E-state index < -0.39 is 23.3 Å². The van der Waals surface area contributed by atoms with Crippen LogP contribution in [-0.4, -0.2) is 46.1 Å². The number of carbonyl (C=O) groups is 1. The number of nitrogens with zero attached hydrogens (tertiary/aromatic N) is 1. The van der Waals surface area contributed by atoms with Crippen molar-refractivity contribution in [1.82, 2.24) is 4.98 Å². The predicted octanol–water partition coefficient (Wildman–Crippen LogP) is 6.35. The fourth-order valence-corrected chi connectivity index (χ4v) is 6.20. The van der Waals surface area contributed by atoms with Crippen molar-refractivity contribution in [2.24, 2.45) is 11.8 Å². The number of fused-ring (bicyclic) bond motifs is 3. The molecule has 0 bridgehead atoms. The van der Waals surface area contributed by atoms with Crippen molar-refractivity contribution in [2.45, 2.75) is 84.5 Å². The summed E-state index contributed by atoms with van der Waals surface area (Å²) in [5.74, 6) is -0.346. The van der Waals surface area contributed by atoms with Gasteiger partial charge in [0.25, 0.3) is 0 Å². The van der Waals surface area contributed by atoms with Gasteiger partial charge >= 0.3 is 5.97 Å². The lowest BCUT2D eigenvalue weighted by molar-refractivity contribution is -0.145. The van der Waals surface area contributed by atoms with Crippen molar-refractivity contribution in [2.75, 3.05) is 13.2 Å². The SMILES string of the molecule is CCCCOC(=O)[C@H]1[C@@H]2Cc3cc(OCc4cc(-c5c(C)cc(OCCC(O)C(C)(C)O)cc5C)c(F)cc4F)ncc3[C@@H]21. The maximum atomic E-state index is 15.1. The number of unbranched alkanes of at least 4 members (excludes halogenated alkanes) is 1. The zero-order chi connectivity index (χ0) is 31.8. The van der Waals surface area contributed by atoms with E-state index >= 15 is 4.39 Å². The Morgan fingerprint density at radius 2 is 1.80 bits per heavy atom. The highest BCUT2D eigenvalue weighted by Gasteiger charge is 2.60. The van der Waals surface area contributed by atoms with Crippen LogP contribution in [0.5, 0.6) is 11.6 Å². The van der Waals surface area contributed by atoms with Crippen LogP contribution in [0.2, 0.25) is 0 Å². The normalized spacial score (nSPS) is 19.2. The zero-order valence-corrected chi connectivity index (χ0v) is 26.0. The number of halogens is 2. The van der Waals surface area contributed by atoms with Gasteiger partial charge in [0.05, 0.1) is 30.8 Å². The number of pyridine rings is 1. The summed E-state index contributed by atoms with van der Waals surface area (Å²) >= 11 is 0. The maximum Gasteiger partial charge on any atom is 0.309 e. The lowest BCUT2D eigenvalue weighted by Crippen LogP contribution is -2.36. The van der Waals surface area contributed by atoms with E-state index in [9.17, 15) is 19.4 Å². The van der Waals surface area contributed by atoms with Gasteiger partial charge in [-0.2, -0.15) is 0 Å². The number of carbonyl (C=O) groups excluding carboxylic acids is 1. The Labute approximate surface area is 257 Å². The molecule has 2 aliphatic carbocycles. The summed E-state index contributed by atoms with van der Waals surface area (Å²) in [6, 6.07) is 7.73. The summed E-state index contributed by atoms with van der Waals surface area (Å²) in [6.45, 7) is 9.30. The van der Waals surface area contributed by atoms with E-state index in [0.29, 0.717) is 23.8 Å². The highest BCUT2D eigenvalue weighted by Crippen LogP contribution is 2.61. The first-order valence-corrected chi connectivity index (χ1v) is 15.3. The third kappa shape index (κ3) is 6.74. The minimum absolute atomic E-state index is 0.0984. The summed E-state index contributed by atoms with van der Waals surface area (Å²) in [6.07, 6.45) is 3.64. The highest BCUT2D eigenvalue weighted by atomic mass is 19.1. The average molecular weight is 610 g/mol. The zero-order valence-electron chi connectivity index (χ0n) is 26.0. The topological polar surface area (TPSA) is 98.1 Å². The van der Waals surface area contributed by atoms with Gasteiger partial charge in [0.2, 0.25) is 5.88 Å². The summed E-state index contributed by atoms with van der Waals surface area (Å²) in [5, 5.41) is 20.0. The molecule has 4 atom stereocenters. The minimum atomic E-state index is -1.23. The van der Waals surface area contributed by atoms with Crippen LogP contribution in [0.1, 0.15) is 73.8 Å². The van der Waals surface area contributed by atoms with E-state index in [-0.39, 0.29) is 54.5 Å². The predicted molar refractivity (Wildman–Crippen MR) is 162 cm³/mol. The third-order valence-corrected chi connectivity index (χ3v) is 8.76. The molecule has 7 nitrogen and oxygen atoms in total. The lowest BCUT2D eigenvalue weighted by Gasteiger charge is -2.24. The molecule has 0 radical (unpaired) electrons. The van der Waals surface area contributed by atoms with Crippen LogP contribution in [0, 0.1) is 37.3 Å². The Bertz CT molecular complexity index is 1510. The molecule has 1 unspecified atom stereocenters. The number of aliphatic hydroxyl groups excluding tert-OH is 1. The first-order chi connectivity index (χ1) is 20.9. The second-order valence-corrected chi connectivity index (χ2v) is 12.6. The quantitative estimate of drug-likeness (QED) is 0.172. The molecule has 2 aromatic carbocycles. The van der Waals surface area contributed by atoms with Crippen LogP contribution in [0.4, 0.5) is 8.78 Å². The lowest BCUT2D eigenvalue weighted by atomic mass is 9.93. The van der Waals surface area contributed by atoms with Crippen molar-refractivity contribution in [3.8, 4) is 22.8 Å². The Kier molecular flexibility index (Phi) is 9.28. The molecule has 236 valence electrons. The van der Waals surface area contributed by atoms with Crippen LogP contribution in [0.3, 0.4) is 0 Å². The summed E-state index contributed by atoms with van der Waals surface area (Å²) in [4.78, 5) is 16.8. The minimum Gasteiger partial charge on any atom is -0.493 e. The van der Waals surface area contributed by atoms with E-state index in [4.69, 9.17) is 14.2 Å². The number of aryl methyl sites for hydroxylation is 2. The van der Waals surface area contributed by atoms with Crippen LogP contribution >= 0.6 is 0 Å². The molecular formula is C35H41F2NO6. The second-order valence-electron chi connectivity index (χ2n) is 12.6. The first-order valence-electron chi connectivity index (χ1n) is 15.3. The number of ether oxygens (including phenoxy) is 3. The molecule has 5 rings (SSSR count). The number of aromatic nitrogens is 1. The first kappa shape index (κ1) is 31.9. The molecule has 1 aromatic heterocycles. The van der Waals surface area contributed by atoms with Gasteiger partial charge in [0.15, 0.2) is 0 Å². The van der Waals surface area contributed by atoms with E-state index in [1.807, 2.05) is 19.9 Å². The monoisotopic (exact) mass is 609 g/mol. The van der Waals surface area contributed by atoms with Gasteiger partial charge in [-0.1, -0.05) is 13.3 Å². The number of hydrogen-bond acceptors (Lipinski definition) is 7. The fraction of sp³-hybridized carbons (Fsp3) is 0.486. The molecule has 3 aromatic rings. The molecular weight excluding hydrogens is 568 g/mol. The summed E-state index contributed by atoms with van der Waals surface area (Å²) in [7, 11) is 0. The Morgan fingerprint density at radius 3 is 2.48 bits per heavy atom. The van der Waals surface area contributed by atoms with Gasteiger partial charge in [-0.25, -0.2) is 13.8 Å². The Hall–Kier alpha value is -3.56. The van der Waals surface area contributed by atoms with Crippen molar-refractivity contribution in [1.29, 1.82) is 0 Å². The van der Waals surface area contributed by atoms with E-state index in [1.165, 1.54) is 19.9 Å². The fourth-order valence-electron chi connectivity index (χ4n) is 6.20. The van der Waals surface area contributed by atoms with Crippen molar-refractivity contribution in [3.05, 3.63) is 76.0 Å². The number of benzene rings is 2. The molecule has 2 N–H and O–H groups in total. The van der Waals surface area contributed by atoms with Crippen molar-refractivity contribution < 1.29 is 38.0 Å². The van der Waals surface area contributed by atoms with Crippen molar-refractivity contribution >= 4 is 5.97 Å². The highest BCUT2D eigenvalue weighted by molar-refractivity contribution is 5.79. The van der Waals surface area contributed by atoms with Crippen molar-refractivity contribution in [3.63, 3.8) is 0 Å². The molecule has 44 heavy (non-hydrogen) atoms. The van der Waals surface area contributed by atoms with E-state index in [2.05, 4.69) is 11.9 Å². The van der Waals surface area contributed by atoms with Crippen LogP contribution in [0.15, 0.2) is 36.5 Å². The third-order valence-electron chi connectivity index (χ3n) is 8.76. The van der Waals surface area contributed by atoms with Gasteiger partial charge in [-0.05, 0) is 92.5 Å². The van der Waals surface area contributed by atoms with E-state index in [0.717, 1.165) is 47.6 Å². The van der Waals surface area contributed by atoms with Gasteiger partial charge < -0.3 is 24.4 Å². The van der Waals surface area contributed by atoms with E-state index in [1.54, 1.807) is 18.3 Å². The number of aliphatic hydroxyl groups is 2. The largest absolute Gasteiger partial charge is 0.493 e. The molecule has 2 aliphatic rings. The molecule has 1 saturated carbocycles. The molecule has 0 aliphatic heterocycles. The maximum absolute atomic E-state index is 15.1. The second kappa shape index (κ2) is 12.8. The smallest absolute Gasteiger partial charge is 0.309 e. The molecule has 0 saturated heterocycles. The number of esters is 1. The van der Waals surface area contributed by atoms with Crippen LogP contribution in [-0.2, 0) is 22.6 Å². The van der Waals surface area contributed by atoms with Gasteiger partial charge in [0.1, 0.15) is 24.0 Å². The molecule has 1 heterocycles. The van der Waals surface area contributed by atoms with Gasteiger partial charge in [-0.3, -0.25) is 4.79 Å². The number of hydrogen-bond donors (Lipinski definition) is 2. The molecule has 1 fully saturated rings. The van der Waals surface area contributed by atoms with Crippen LogP contribution < -0.4 is 9.47 Å². The van der Waals surface area contributed by atoms with Gasteiger partial charge in [-0.15, -0.1) is 0 Å². The summed E-state index contributed by atoms with van der Waals surface area (Å²) < 4.78 is 47.0. The Morgan fingerprint density at radius 1 is 1.07 bits per heavy atom.